The first-order valence-electron chi connectivity index (χ1n) is 7.30. The van der Waals surface area contributed by atoms with Crippen molar-refractivity contribution in [1.82, 2.24) is 19.1 Å². The van der Waals surface area contributed by atoms with Crippen LogP contribution in [0.5, 0.6) is 0 Å². The van der Waals surface area contributed by atoms with E-state index >= 15 is 0 Å². The van der Waals surface area contributed by atoms with Gasteiger partial charge in [0.15, 0.2) is 0 Å². The normalized spacial score (nSPS) is 11.1. The van der Waals surface area contributed by atoms with Gasteiger partial charge in [0.05, 0.1) is 17.4 Å². The van der Waals surface area contributed by atoms with Gasteiger partial charge >= 0.3 is 0 Å². The second kappa shape index (κ2) is 5.15. The summed E-state index contributed by atoms with van der Waals surface area (Å²) in [6.45, 7) is 2.86. The van der Waals surface area contributed by atoms with Crippen LogP contribution in [0.2, 0.25) is 0 Å². The van der Waals surface area contributed by atoms with Gasteiger partial charge < -0.3 is 4.57 Å². The van der Waals surface area contributed by atoms with Gasteiger partial charge in [0, 0.05) is 24.6 Å². The summed E-state index contributed by atoms with van der Waals surface area (Å²) >= 11 is 0. The molecule has 4 rings (SSSR count). The van der Waals surface area contributed by atoms with E-state index in [1.807, 2.05) is 25.5 Å². The van der Waals surface area contributed by atoms with Crippen LogP contribution >= 0.6 is 0 Å². The van der Waals surface area contributed by atoms with Crippen molar-refractivity contribution in [3.05, 3.63) is 78.6 Å². The zero-order chi connectivity index (χ0) is 14.9. The third-order valence-corrected chi connectivity index (χ3v) is 3.83. The molecule has 2 aromatic heterocycles. The molecule has 2 aromatic carbocycles. The molecule has 0 unspecified atom stereocenters. The number of aryl methyl sites for hydroxylation is 1. The van der Waals surface area contributed by atoms with E-state index in [0.29, 0.717) is 0 Å². The van der Waals surface area contributed by atoms with E-state index in [2.05, 4.69) is 61.6 Å². The van der Waals surface area contributed by atoms with Gasteiger partial charge in [-0.15, -0.1) is 0 Å². The number of benzene rings is 2. The third kappa shape index (κ3) is 2.19. The summed E-state index contributed by atoms with van der Waals surface area (Å²) in [6.07, 6.45) is 5.62. The number of hydrogen-bond donors (Lipinski definition) is 0. The van der Waals surface area contributed by atoms with Crippen molar-refractivity contribution >= 4 is 11.0 Å². The minimum absolute atomic E-state index is 0.814. The predicted molar refractivity (Wildman–Crippen MR) is 87.1 cm³/mol. The highest BCUT2D eigenvalue weighted by atomic mass is 15.1. The fourth-order valence-corrected chi connectivity index (χ4v) is 2.83. The van der Waals surface area contributed by atoms with Crippen LogP contribution in [0.25, 0.3) is 16.7 Å². The van der Waals surface area contributed by atoms with Crippen molar-refractivity contribution in [2.75, 3.05) is 0 Å². The highest BCUT2D eigenvalue weighted by molar-refractivity contribution is 5.79. The molecule has 2 heterocycles. The summed E-state index contributed by atoms with van der Waals surface area (Å²) in [5, 5.41) is 0. The molecule has 0 aliphatic heterocycles. The summed E-state index contributed by atoms with van der Waals surface area (Å²) in [5.41, 5.74) is 4.54. The maximum Gasteiger partial charge on any atom is 0.111 e. The molecule has 0 saturated heterocycles. The third-order valence-electron chi connectivity index (χ3n) is 3.83. The maximum absolute atomic E-state index is 4.67. The fourth-order valence-electron chi connectivity index (χ4n) is 2.83. The highest BCUT2D eigenvalue weighted by Gasteiger charge is 2.09. The first-order chi connectivity index (χ1) is 10.8. The van der Waals surface area contributed by atoms with Gasteiger partial charge in [-0.1, -0.05) is 24.3 Å². The molecule has 4 nitrogen and oxygen atoms in total. The minimum Gasteiger partial charge on any atom is -0.333 e. The molecular formula is C18H16N4. The average Bonchev–Trinajstić information content (AvgIpc) is 3.15. The summed E-state index contributed by atoms with van der Waals surface area (Å²) in [6, 6.07) is 16.8. The topological polar surface area (TPSA) is 35.6 Å². The molecule has 0 N–H and O–H groups in total. The summed E-state index contributed by atoms with van der Waals surface area (Å²) in [4.78, 5) is 8.77. The Hall–Kier alpha value is -2.88. The lowest BCUT2D eigenvalue weighted by Gasteiger charge is -2.08. The molecule has 4 heteroatoms. The molecule has 0 amide bonds. The SMILES string of the molecule is Cc1nc2ccc(Cn3ccnc3)cc2n1-c1ccccc1. The van der Waals surface area contributed by atoms with Crippen LogP contribution < -0.4 is 0 Å². The zero-order valence-electron chi connectivity index (χ0n) is 12.3. The Balaban J connectivity index is 1.84. The van der Waals surface area contributed by atoms with E-state index in [-0.39, 0.29) is 0 Å². The summed E-state index contributed by atoms with van der Waals surface area (Å²) < 4.78 is 4.27. The van der Waals surface area contributed by atoms with Gasteiger partial charge in [-0.2, -0.15) is 0 Å². The molecule has 0 saturated carbocycles. The van der Waals surface area contributed by atoms with Gasteiger partial charge in [-0.05, 0) is 36.8 Å². The van der Waals surface area contributed by atoms with Crippen molar-refractivity contribution in [1.29, 1.82) is 0 Å². The first kappa shape index (κ1) is 12.8. The average molecular weight is 288 g/mol. The Kier molecular flexibility index (Phi) is 3.00. The number of para-hydroxylation sites is 1. The van der Waals surface area contributed by atoms with Crippen LogP contribution in [-0.4, -0.2) is 19.1 Å². The Morgan fingerprint density at radius 2 is 1.91 bits per heavy atom. The smallest absolute Gasteiger partial charge is 0.111 e. The molecular weight excluding hydrogens is 272 g/mol. The predicted octanol–water partition coefficient (Wildman–Crippen LogP) is 3.58. The van der Waals surface area contributed by atoms with Gasteiger partial charge in [0.1, 0.15) is 5.82 Å². The van der Waals surface area contributed by atoms with Crippen LogP contribution in [0.4, 0.5) is 0 Å². The van der Waals surface area contributed by atoms with Crippen LogP contribution in [0.3, 0.4) is 0 Å². The van der Waals surface area contributed by atoms with Crippen molar-refractivity contribution in [3.8, 4) is 5.69 Å². The van der Waals surface area contributed by atoms with Crippen LogP contribution in [0, 0.1) is 6.92 Å². The van der Waals surface area contributed by atoms with E-state index in [0.717, 1.165) is 29.1 Å². The lowest BCUT2D eigenvalue weighted by Crippen LogP contribution is -1.99. The van der Waals surface area contributed by atoms with Crippen molar-refractivity contribution in [2.45, 2.75) is 13.5 Å². The second-order valence-corrected chi connectivity index (χ2v) is 5.39. The van der Waals surface area contributed by atoms with E-state index in [1.165, 1.54) is 5.56 Å². The second-order valence-electron chi connectivity index (χ2n) is 5.39. The zero-order valence-corrected chi connectivity index (χ0v) is 12.3. The van der Waals surface area contributed by atoms with Crippen LogP contribution in [-0.2, 0) is 6.54 Å². The number of imidazole rings is 2. The lowest BCUT2D eigenvalue weighted by atomic mass is 10.2. The van der Waals surface area contributed by atoms with Crippen molar-refractivity contribution in [3.63, 3.8) is 0 Å². The van der Waals surface area contributed by atoms with E-state index in [4.69, 9.17) is 0 Å². The maximum atomic E-state index is 4.67. The van der Waals surface area contributed by atoms with Gasteiger partial charge in [0.2, 0.25) is 0 Å². The highest BCUT2D eigenvalue weighted by Crippen LogP contribution is 2.22. The fraction of sp³-hybridized carbons (Fsp3) is 0.111. The molecule has 0 fully saturated rings. The number of hydrogen-bond acceptors (Lipinski definition) is 2. The van der Waals surface area contributed by atoms with Crippen LogP contribution in [0.1, 0.15) is 11.4 Å². The summed E-state index contributed by atoms with van der Waals surface area (Å²) in [5.74, 6) is 1.00. The quantitative estimate of drug-likeness (QED) is 0.577. The minimum atomic E-state index is 0.814. The molecule has 0 aliphatic rings. The van der Waals surface area contributed by atoms with E-state index in [9.17, 15) is 0 Å². The number of fused-ring (bicyclic) bond motifs is 1. The van der Waals surface area contributed by atoms with E-state index in [1.54, 1.807) is 6.20 Å². The molecule has 108 valence electrons. The van der Waals surface area contributed by atoms with Crippen molar-refractivity contribution < 1.29 is 0 Å². The molecule has 0 radical (unpaired) electrons. The molecule has 22 heavy (non-hydrogen) atoms. The number of nitrogens with zero attached hydrogens (tertiary/aromatic N) is 4. The molecule has 0 bridgehead atoms. The Morgan fingerprint density at radius 3 is 2.68 bits per heavy atom. The van der Waals surface area contributed by atoms with Gasteiger partial charge in [0.25, 0.3) is 0 Å². The monoisotopic (exact) mass is 288 g/mol. The van der Waals surface area contributed by atoms with Crippen molar-refractivity contribution in [2.24, 2.45) is 0 Å². The standard InChI is InChI=1S/C18H16N4/c1-14-20-17-8-7-15(12-21-10-9-19-13-21)11-18(17)22(14)16-5-3-2-4-6-16/h2-11,13H,12H2,1H3. The van der Waals surface area contributed by atoms with E-state index < -0.39 is 0 Å². The first-order valence-corrected chi connectivity index (χ1v) is 7.30. The Bertz CT molecular complexity index is 905. The Morgan fingerprint density at radius 1 is 1.05 bits per heavy atom. The molecule has 0 aliphatic carbocycles. The molecule has 0 spiro atoms. The largest absolute Gasteiger partial charge is 0.333 e. The van der Waals surface area contributed by atoms with Gasteiger partial charge in [-0.3, -0.25) is 4.57 Å². The lowest BCUT2D eigenvalue weighted by molar-refractivity contribution is 0.798. The number of rotatable bonds is 3. The summed E-state index contributed by atoms with van der Waals surface area (Å²) in [7, 11) is 0. The molecule has 0 atom stereocenters. The van der Waals surface area contributed by atoms with Gasteiger partial charge in [-0.25, -0.2) is 9.97 Å². The van der Waals surface area contributed by atoms with Crippen LogP contribution in [0.15, 0.2) is 67.3 Å². The number of aromatic nitrogens is 4. The Labute approximate surface area is 128 Å². The molecule has 4 aromatic rings.